The fourth-order valence-electron chi connectivity index (χ4n) is 2.76. The van der Waals surface area contributed by atoms with Gasteiger partial charge in [0.15, 0.2) is 0 Å². The molecule has 1 amide bonds. The Bertz CT molecular complexity index is 461. The number of nitrogen functional groups attached to an aromatic ring is 1. The third-order valence-electron chi connectivity index (χ3n) is 4.07. The van der Waals surface area contributed by atoms with Crippen molar-refractivity contribution < 1.29 is 9.18 Å². The van der Waals surface area contributed by atoms with Crippen LogP contribution in [0, 0.1) is 17.7 Å². The zero-order chi connectivity index (χ0) is 13.8. The highest BCUT2D eigenvalue weighted by atomic mass is 19.1. The first kappa shape index (κ1) is 13.8. The van der Waals surface area contributed by atoms with Crippen molar-refractivity contribution in [3.63, 3.8) is 0 Å². The summed E-state index contributed by atoms with van der Waals surface area (Å²) in [6.45, 7) is 2.92. The second-order valence-corrected chi connectivity index (χ2v) is 5.46. The predicted molar refractivity (Wildman–Crippen MR) is 74.3 cm³/mol. The maximum absolute atomic E-state index is 12.9. The Morgan fingerprint density at radius 1 is 1.42 bits per heavy atom. The van der Waals surface area contributed by atoms with E-state index < -0.39 is 5.82 Å². The highest BCUT2D eigenvalue weighted by Gasteiger charge is 2.22. The van der Waals surface area contributed by atoms with Gasteiger partial charge in [-0.2, -0.15) is 0 Å². The molecule has 0 heterocycles. The molecule has 1 saturated carbocycles. The number of rotatable bonds is 3. The van der Waals surface area contributed by atoms with Crippen molar-refractivity contribution in [3.8, 4) is 0 Å². The van der Waals surface area contributed by atoms with Gasteiger partial charge >= 0.3 is 0 Å². The number of nitrogens with one attached hydrogen (secondary N) is 1. The summed E-state index contributed by atoms with van der Waals surface area (Å²) in [6, 6.07) is 3.87. The van der Waals surface area contributed by atoms with E-state index in [9.17, 15) is 9.18 Å². The Balaban J connectivity index is 1.93. The molecule has 104 valence electrons. The van der Waals surface area contributed by atoms with E-state index in [-0.39, 0.29) is 11.6 Å². The lowest BCUT2D eigenvalue weighted by molar-refractivity contribution is 0.0937. The molecular formula is C15H21FN2O. The minimum atomic E-state index is -0.421. The first-order valence-corrected chi connectivity index (χ1v) is 6.91. The van der Waals surface area contributed by atoms with Gasteiger partial charge in [0, 0.05) is 12.2 Å². The van der Waals surface area contributed by atoms with Gasteiger partial charge in [-0.1, -0.05) is 26.2 Å². The van der Waals surface area contributed by atoms with Crippen molar-refractivity contribution >= 4 is 11.6 Å². The van der Waals surface area contributed by atoms with Crippen LogP contribution in [0.1, 0.15) is 43.0 Å². The molecule has 3 nitrogen and oxygen atoms in total. The number of benzene rings is 1. The van der Waals surface area contributed by atoms with Crippen LogP contribution in [-0.4, -0.2) is 12.5 Å². The minimum Gasteiger partial charge on any atom is -0.398 e. The molecule has 3 N–H and O–H groups in total. The van der Waals surface area contributed by atoms with Crippen LogP contribution in [0.4, 0.5) is 10.1 Å². The first-order valence-electron chi connectivity index (χ1n) is 6.91. The lowest BCUT2D eigenvalue weighted by Gasteiger charge is -2.28. The summed E-state index contributed by atoms with van der Waals surface area (Å²) in [6.07, 6.45) is 4.93. The third kappa shape index (κ3) is 3.46. The molecule has 0 spiro atoms. The van der Waals surface area contributed by atoms with Crippen molar-refractivity contribution in [1.29, 1.82) is 0 Å². The van der Waals surface area contributed by atoms with Gasteiger partial charge < -0.3 is 11.1 Å². The average molecular weight is 264 g/mol. The number of amides is 1. The molecule has 0 saturated heterocycles. The summed E-state index contributed by atoms with van der Waals surface area (Å²) >= 11 is 0. The van der Waals surface area contributed by atoms with Gasteiger partial charge in [-0.25, -0.2) is 4.39 Å². The fourth-order valence-corrected chi connectivity index (χ4v) is 2.76. The van der Waals surface area contributed by atoms with E-state index in [4.69, 9.17) is 5.73 Å². The highest BCUT2D eigenvalue weighted by Crippen LogP contribution is 2.29. The van der Waals surface area contributed by atoms with Crippen LogP contribution in [0.5, 0.6) is 0 Å². The van der Waals surface area contributed by atoms with Crippen LogP contribution in [0.25, 0.3) is 0 Å². The molecule has 4 heteroatoms. The van der Waals surface area contributed by atoms with E-state index in [1.165, 1.54) is 43.9 Å². The van der Waals surface area contributed by atoms with Crippen molar-refractivity contribution in [1.82, 2.24) is 5.32 Å². The Morgan fingerprint density at radius 3 is 2.84 bits per heavy atom. The molecule has 1 fully saturated rings. The smallest absolute Gasteiger partial charge is 0.253 e. The third-order valence-corrected chi connectivity index (χ3v) is 4.07. The molecule has 1 aromatic carbocycles. The van der Waals surface area contributed by atoms with Gasteiger partial charge in [0.05, 0.1) is 5.56 Å². The number of hydrogen-bond acceptors (Lipinski definition) is 2. The van der Waals surface area contributed by atoms with Crippen LogP contribution in [0.2, 0.25) is 0 Å². The van der Waals surface area contributed by atoms with Crippen molar-refractivity contribution in [2.45, 2.75) is 32.6 Å². The summed E-state index contributed by atoms with van der Waals surface area (Å²) in [4.78, 5) is 12.0. The van der Waals surface area contributed by atoms with Gasteiger partial charge in [-0.05, 0) is 36.5 Å². The second kappa shape index (κ2) is 6.04. The van der Waals surface area contributed by atoms with E-state index >= 15 is 0 Å². The molecule has 1 aliphatic carbocycles. The number of halogens is 1. The average Bonchev–Trinajstić information content (AvgIpc) is 2.37. The molecule has 2 rings (SSSR count). The number of nitrogens with two attached hydrogens (primary N) is 1. The van der Waals surface area contributed by atoms with Gasteiger partial charge in [0.2, 0.25) is 0 Å². The molecule has 0 bridgehead atoms. The lowest BCUT2D eigenvalue weighted by Crippen LogP contribution is -2.33. The van der Waals surface area contributed by atoms with Crippen LogP contribution in [0.3, 0.4) is 0 Å². The quantitative estimate of drug-likeness (QED) is 0.825. The van der Waals surface area contributed by atoms with Gasteiger partial charge in [-0.15, -0.1) is 0 Å². The van der Waals surface area contributed by atoms with E-state index in [1.54, 1.807) is 0 Å². The van der Waals surface area contributed by atoms with Gasteiger partial charge in [-0.3, -0.25) is 4.79 Å². The summed E-state index contributed by atoms with van der Waals surface area (Å²) < 4.78 is 12.9. The number of hydrogen-bond donors (Lipinski definition) is 2. The predicted octanol–water partition coefficient (Wildman–Crippen LogP) is 2.96. The number of carbonyl (C=O) groups excluding carboxylic acids is 1. The maximum Gasteiger partial charge on any atom is 0.253 e. The standard InChI is InChI=1S/C15H21FN2O/c1-10-4-2-3-5-11(10)9-18-15(19)13-7-6-12(16)8-14(13)17/h6-8,10-11H,2-5,9,17H2,1H3,(H,18,19). The number of carbonyl (C=O) groups is 1. The number of anilines is 1. The summed E-state index contributed by atoms with van der Waals surface area (Å²) in [5, 5.41) is 2.92. The van der Waals surface area contributed by atoms with E-state index in [1.807, 2.05) is 0 Å². The molecule has 1 aromatic rings. The minimum absolute atomic E-state index is 0.189. The summed E-state index contributed by atoms with van der Waals surface area (Å²) in [5.74, 6) is 0.559. The van der Waals surface area contributed by atoms with Gasteiger partial charge in [0.25, 0.3) is 5.91 Å². The Hall–Kier alpha value is -1.58. The second-order valence-electron chi connectivity index (χ2n) is 5.46. The van der Waals surface area contributed by atoms with Crippen molar-refractivity contribution in [3.05, 3.63) is 29.6 Å². The summed E-state index contributed by atoms with van der Waals surface area (Å²) in [7, 11) is 0. The SMILES string of the molecule is CC1CCCCC1CNC(=O)c1ccc(F)cc1N. The molecule has 0 radical (unpaired) electrons. The van der Waals surface area contributed by atoms with Crippen LogP contribution < -0.4 is 11.1 Å². The molecular weight excluding hydrogens is 243 g/mol. The highest BCUT2D eigenvalue weighted by molar-refractivity contribution is 5.99. The van der Waals surface area contributed by atoms with E-state index in [0.717, 1.165) is 0 Å². The first-order chi connectivity index (χ1) is 9.08. The molecule has 1 aliphatic rings. The topological polar surface area (TPSA) is 55.1 Å². The Kier molecular flexibility index (Phi) is 4.40. The van der Waals surface area contributed by atoms with Crippen LogP contribution in [-0.2, 0) is 0 Å². The van der Waals surface area contributed by atoms with E-state index in [0.29, 0.717) is 23.9 Å². The zero-order valence-electron chi connectivity index (χ0n) is 11.3. The fraction of sp³-hybridized carbons (Fsp3) is 0.533. The van der Waals surface area contributed by atoms with Crippen molar-refractivity contribution in [2.75, 3.05) is 12.3 Å². The Labute approximate surface area is 113 Å². The van der Waals surface area contributed by atoms with E-state index in [2.05, 4.69) is 12.2 Å². The molecule has 0 aliphatic heterocycles. The van der Waals surface area contributed by atoms with Crippen LogP contribution in [0.15, 0.2) is 18.2 Å². The lowest BCUT2D eigenvalue weighted by atomic mass is 9.80. The largest absolute Gasteiger partial charge is 0.398 e. The summed E-state index contributed by atoms with van der Waals surface area (Å²) in [5.41, 5.74) is 6.20. The maximum atomic E-state index is 12.9. The molecule has 19 heavy (non-hydrogen) atoms. The van der Waals surface area contributed by atoms with Gasteiger partial charge in [0.1, 0.15) is 5.82 Å². The Morgan fingerprint density at radius 2 is 2.16 bits per heavy atom. The molecule has 2 atom stereocenters. The van der Waals surface area contributed by atoms with Crippen molar-refractivity contribution in [2.24, 2.45) is 11.8 Å². The molecule has 0 aromatic heterocycles. The normalized spacial score (nSPS) is 23.1. The molecule has 2 unspecified atom stereocenters. The van der Waals surface area contributed by atoms with Crippen LogP contribution >= 0.6 is 0 Å². The monoisotopic (exact) mass is 264 g/mol. The zero-order valence-corrected chi connectivity index (χ0v) is 11.3.